The molecule has 1 atom stereocenters. The lowest BCUT2D eigenvalue weighted by molar-refractivity contribution is -0.151. The second-order valence-corrected chi connectivity index (χ2v) is 6.78. The van der Waals surface area contributed by atoms with E-state index in [0.29, 0.717) is 10.7 Å². The molecule has 27 heavy (non-hydrogen) atoms. The van der Waals surface area contributed by atoms with Crippen LogP contribution in [0.4, 0.5) is 11.4 Å². The number of anilines is 2. The van der Waals surface area contributed by atoms with Gasteiger partial charge in [-0.1, -0.05) is 47.5 Å². The van der Waals surface area contributed by atoms with Gasteiger partial charge < -0.3 is 15.0 Å². The lowest BCUT2D eigenvalue weighted by Gasteiger charge is -2.16. The quantitative estimate of drug-likeness (QED) is 0.770. The van der Waals surface area contributed by atoms with Gasteiger partial charge in [0.15, 0.2) is 6.61 Å². The molecule has 1 heterocycles. The van der Waals surface area contributed by atoms with Crippen LogP contribution in [0.25, 0.3) is 0 Å². The van der Waals surface area contributed by atoms with E-state index in [2.05, 4.69) is 5.32 Å². The summed E-state index contributed by atoms with van der Waals surface area (Å²) in [5.41, 5.74) is 1.06. The van der Waals surface area contributed by atoms with E-state index >= 15 is 0 Å². The molecule has 0 spiro atoms. The van der Waals surface area contributed by atoms with Crippen LogP contribution in [-0.2, 0) is 19.1 Å². The van der Waals surface area contributed by atoms with Gasteiger partial charge in [0.2, 0.25) is 5.91 Å². The topological polar surface area (TPSA) is 75.7 Å². The van der Waals surface area contributed by atoms with E-state index in [9.17, 15) is 14.4 Å². The van der Waals surface area contributed by atoms with Crippen molar-refractivity contribution in [1.29, 1.82) is 0 Å². The number of ether oxygens (including phenoxy) is 1. The predicted molar refractivity (Wildman–Crippen MR) is 103 cm³/mol. The first-order valence-corrected chi connectivity index (χ1v) is 8.97. The Kier molecular flexibility index (Phi) is 5.98. The highest BCUT2D eigenvalue weighted by atomic mass is 35.5. The first-order chi connectivity index (χ1) is 13.0. The highest BCUT2D eigenvalue weighted by Gasteiger charge is 2.36. The van der Waals surface area contributed by atoms with Crippen LogP contribution < -0.4 is 10.2 Å². The molecule has 1 aliphatic rings. The summed E-state index contributed by atoms with van der Waals surface area (Å²) in [6.45, 7) is -0.249. The Hall–Kier alpha value is -2.57. The van der Waals surface area contributed by atoms with Crippen LogP contribution in [-0.4, -0.2) is 30.9 Å². The lowest BCUT2D eigenvalue weighted by Crippen LogP contribution is -2.28. The number of carbonyl (C=O) groups excluding carboxylic acids is 3. The SMILES string of the molecule is O=C(COC(=O)[C@@H]1CC(=O)N(c2ccccc2)C1)Nc1cccc(Cl)c1Cl. The van der Waals surface area contributed by atoms with E-state index in [1.54, 1.807) is 30.3 Å². The maximum absolute atomic E-state index is 12.2. The zero-order chi connectivity index (χ0) is 19.4. The van der Waals surface area contributed by atoms with Crippen molar-refractivity contribution in [1.82, 2.24) is 0 Å². The van der Waals surface area contributed by atoms with Gasteiger partial charge >= 0.3 is 5.97 Å². The molecule has 2 aromatic carbocycles. The largest absolute Gasteiger partial charge is 0.455 e. The number of carbonyl (C=O) groups is 3. The number of halogens is 2. The minimum atomic E-state index is -0.611. The van der Waals surface area contributed by atoms with E-state index in [0.717, 1.165) is 5.69 Å². The predicted octanol–water partition coefficient (Wildman–Crippen LogP) is 3.53. The molecule has 8 heteroatoms. The molecule has 1 aliphatic heterocycles. The van der Waals surface area contributed by atoms with Crippen LogP contribution in [0.1, 0.15) is 6.42 Å². The van der Waals surface area contributed by atoms with Gasteiger partial charge in [-0.25, -0.2) is 0 Å². The maximum Gasteiger partial charge on any atom is 0.311 e. The number of hydrogen-bond acceptors (Lipinski definition) is 4. The van der Waals surface area contributed by atoms with Gasteiger partial charge in [-0.05, 0) is 24.3 Å². The third kappa shape index (κ3) is 4.59. The molecular weight excluding hydrogens is 391 g/mol. The summed E-state index contributed by atoms with van der Waals surface area (Å²) in [7, 11) is 0. The molecule has 1 saturated heterocycles. The monoisotopic (exact) mass is 406 g/mol. The van der Waals surface area contributed by atoms with Crippen LogP contribution in [0, 0.1) is 5.92 Å². The summed E-state index contributed by atoms with van der Waals surface area (Å²) >= 11 is 11.9. The Morgan fingerprint density at radius 2 is 1.85 bits per heavy atom. The molecule has 6 nitrogen and oxygen atoms in total. The van der Waals surface area contributed by atoms with Crippen molar-refractivity contribution >= 4 is 52.4 Å². The minimum Gasteiger partial charge on any atom is -0.455 e. The molecule has 0 aliphatic carbocycles. The molecule has 0 aromatic heterocycles. The molecule has 1 fully saturated rings. The Balaban J connectivity index is 1.53. The number of amides is 2. The molecule has 3 rings (SSSR count). The smallest absolute Gasteiger partial charge is 0.311 e. The van der Waals surface area contributed by atoms with Gasteiger partial charge in [0.25, 0.3) is 5.91 Å². The van der Waals surface area contributed by atoms with Gasteiger partial charge in [-0.2, -0.15) is 0 Å². The highest BCUT2D eigenvalue weighted by molar-refractivity contribution is 6.44. The summed E-state index contributed by atoms with van der Waals surface area (Å²) in [6, 6.07) is 13.9. The fourth-order valence-electron chi connectivity index (χ4n) is 2.76. The number of hydrogen-bond donors (Lipinski definition) is 1. The standard InChI is InChI=1S/C19H16Cl2N2O4/c20-14-7-4-8-15(18(14)21)22-16(24)11-27-19(26)12-9-17(25)23(10-12)13-5-2-1-3-6-13/h1-8,12H,9-11H2,(H,22,24)/t12-/m1/s1. The summed E-state index contributed by atoms with van der Waals surface area (Å²) in [5.74, 6) is -1.90. The zero-order valence-electron chi connectivity index (χ0n) is 14.2. The molecule has 0 unspecified atom stereocenters. The Morgan fingerprint density at radius 1 is 1.11 bits per heavy atom. The first kappa shape index (κ1) is 19.2. The average molecular weight is 407 g/mol. The Labute approximate surface area is 166 Å². The summed E-state index contributed by atoms with van der Waals surface area (Å²) < 4.78 is 5.06. The maximum atomic E-state index is 12.2. The fourth-order valence-corrected chi connectivity index (χ4v) is 3.11. The van der Waals surface area contributed by atoms with Gasteiger partial charge in [0, 0.05) is 18.7 Å². The highest BCUT2D eigenvalue weighted by Crippen LogP contribution is 2.29. The van der Waals surface area contributed by atoms with E-state index in [1.165, 1.54) is 4.90 Å². The first-order valence-electron chi connectivity index (χ1n) is 8.21. The van der Waals surface area contributed by atoms with Crippen molar-refractivity contribution in [2.75, 3.05) is 23.4 Å². The van der Waals surface area contributed by atoms with Crippen molar-refractivity contribution < 1.29 is 19.1 Å². The third-order valence-electron chi connectivity index (χ3n) is 4.10. The molecule has 1 N–H and O–H groups in total. The van der Waals surface area contributed by atoms with Crippen LogP contribution >= 0.6 is 23.2 Å². The van der Waals surface area contributed by atoms with Crippen molar-refractivity contribution in [2.45, 2.75) is 6.42 Å². The van der Waals surface area contributed by atoms with Gasteiger partial charge in [0.05, 0.1) is 21.7 Å². The Bertz CT molecular complexity index is 873. The van der Waals surface area contributed by atoms with Crippen LogP contribution in [0.2, 0.25) is 10.0 Å². The zero-order valence-corrected chi connectivity index (χ0v) is 15.7. The molecule has 0 radical (unpaired) electrons. The molecule has 0 saturated carbocycles. The number of esters is 1. The van der Waals surface area contributed by atoms with Crippen molar-refractivity contribution in [3.63, 3.8) is 0 Å². The number of rotatable bonds is 5. The lowest BCUT2D eigenvalue weighted by atomic mass is 10.1. The van der Waals surface area contributed by atoms with Gasteiger partial charge in [-0.3, -0.25) is 14.4 Å². The van der Waals surface area contributed by atoms with Gasteiger partial charge in [-0.15, -0.1) is 0 Å². The summed E-state index contributed by atoms with van der Waals surface area (Å²) in [6.07, 6.45) is 0.0511. The number of para-hydroxylation sites is 1. The average Bonchev–Trinajstić information content (AvgIpc) is 3.06. The van der Waals surface area contributed by atoms with E-state index < -0.39 is 24.4 Å². The minimum absolute atomic E-state index is 0.0511. The second-order valence-electron chi connectivity index (χ2n) is 6.00. The number of benzene rings is 2. The van der Waals surface area contributed by atoms with Crippen LogP contribution in [0.5, 0.6) is 0 Å². The molecule has 0 bridgehead atoms. The number of nitrogens with zero attached hydrogens (tertiary/aromatic N) is 1. The fraction of sp³-hybridized carbons (Fsp3) is 0.211. The summed E-state index contributed by atoms with van der Waals surface area (Å²) in [5, 5.41) is 3.04. The van der Waals surface area contributed by atoms with E-state index in [1.807, 2.05) is 18.2 Å². The van der Waals surface area contributed by atoms with Crippen molar-refractivity contribution in [2.24, 2.45) is 5.92 Å². The molecule has 2 aromatic rings. The van der Waals surface area contributed by atoms with E-state index in [-0.39, 0.29) is 23.9 Å². The molecule has 2 amide bonds. The Morgan fingerprint density at radius 3 is 2.59 bits per heavy atom. The van der Waals surface area contributed by atoms with Gasteiger partial charge in [0.1, 0.15) is 0 Å². The molecule has 140 valence electrons. The molecular formula is C19H16Cl2N2O4. The number of nitrogens with one attached hydrogen (secondary N) is 1. The van der Waals surface area contributed by atoms with E-state index in [4.69, 9.17) is 27.9 Å². The third-order valence-corrected chi connectivity index (χ3v) is 4.92. The normalized spacial score (nSPS) is 16.3. The van der Waals surface area contributed by atoms with Crippen molar-refractivity contribution in [3.8, 4) is 0 Å². The summed E-state index contributed by atoms with van der Waals surface area (Å²) in [4.78, 5) is 37.9. The van der Waals surface area contributed by atoms with Crippen molar-refractivity contribution in [3.05, 3.63) is 58.6 Å². The second kappa shape index (κ2) is 8.41. The van der Waals surface area contributed by atoms with Crippen LogP contribution in [0.3, 0.4) is 0 Å². The van der Waals surface area contributed by atoms with Crippen LogP contribution in [0.15, 0.2) is 48.5 Å².